The van der Waals surface area contributed by atoms with Gasteiger partial charge in [0.2, 0.25) is 0 Å². The van der Waals surface area contributed by atoms with Crippen LogP contribution in [0.2, 0.25) is 0 Å². The van der Waals surface area contributed by atoms with Crippen LogP contribution >= 0.6 is 0 Å². The fraction of sp³-hybridized carbons (Fsp3) is 0.333. The van der Waals surface area contributed by atoms with E-state index in [1.165, 1.54) is 0 Å². The van der Waals surface area contributed by atoms with E-state index >= 15 is 0 Å². The molecule has 102 valence electrons. The molecule has 1 aromatic rings. The Morgan fingerprint density at radius 3 is 2.68 bits per heavy atom. The highest BCUT2D eigenvalue weighted by Gasteiger charge is 2.13. The molecule has 0 amide bonds. The van der Waals surface area contributed by atoms with Gasteiger partial charge in [-0.25, -0.2) is 0 Å². The maximum absolute atomic E-state index is 10.7. The highest BCUT2D eigenvalue weighted by molar-refractivity contribution is 5.75. The van der Waals surface area contributed by atoms with Crippen LogP contribution in [-0.4, -0.2) is 23.3 Å². The molecule has 1 atom stereocenters. The molecule has 0 aliphatic heterocycles. The van der Waals surface area contributed by atoms with Crippen molar-refractivity contribution in [1.29, 1.82) is 0 Å². The summed E-state index contributed by atoms with van der Waals surface area (Å²) < 4.78 is 0. The smallest absolute Gasteiger partial charge is 0.320 e. The van der Waals surface area contributed by atoms with Crippen LogP contribution in [0.5, 0.6) is 0 Å². The minimum absolute atomic E-state index is 0.416. The molecule has 1 rings (SSSR count). The molecule has 0 aliphatic carbocycles. The number of aryl methyl sites for hydroxylation is 1. The van der Waals surface area contributed by atoms with Crippen molar-refractivity contribution in [3.63, 3.8) is 0 Å². The Bertz CT molecular complexity index is 493. The topological polar surface area (TPSA) is 75.7 Å². The number of aliphatic carboxylic acids is 1. The number of carbonyl (C=O) groups is 1. The Morgan fingerprint density at radius 1 is 1.42 bits per heavy atom. The van der Waals surface area contributed by atoms with Crippen molar-refractivity contribution >= 4 is 17.9 Å². The third-order valence-electron chi connectivity index (χ3n) is 2.88. The van der Waals surface area contributed by atoms with Crippen molar-refractivity contribution < 1.29 is 9.90 Å². The summed E-state index contributed by atoms with van der Waals surface area (Å²) in [5.74, 6) is -0.963. The zero-order valence-electron chi connectivity index (χ0n) is 11.3. The van der Waals surface area contributed by atoms with E-state index in [0.29, 0.717) is 12.8 Å². The number of hydrogen-bond acceptors (Lipinski definition) is 3. The van der Waals surface area contributed by atoms with Crippen molar-refractivity contribution in [1.82, 2.24) is 0 Å². The van der Waals surface area contributed by atoms with Gasteiger partial charge in [0.15, 0.2) is 0 Å². The monoisotopic (exact) mass is 260 g/mol. The van der Waals surface area contributed by atoms with Gasteiger partial charge in [-0.2, -0.15) is 0 Å². The van der Waals surface area contributed by atoms with Gasteiger partial charge in [0.05, 0.1) is 5.70 Å². The maximum atomic E-state index is 10.7. The van der Waals surface area contributed by atoms with Crippen LogP contribution in [0.4, 0.5) is 0 Å². The molecule has 1 unspecified atom stereocenters. The van der Waals surface area contributed by atoms with E-state index in [2.05, 4.69) is 4.99 Å². The molecule has 0 heterocycles. The second-order valence-electron chi connectivity index (χ2n) is 4.20. The molecular weight excluding hydrogens is 240 g/mol. The first-order valence-corrected chi connectivity index (χ1v) is 6.31. The molecule has 0 aromatic heterocycles. The van der Waals surface area contributed by atoms with Crippen LogP contribution in [-0.2, 0) is 11.2 Å². The summed E-state index contributed by atoms with van der Waals surface area (Å²) >= 11 is 0. The van der Waals surface area contributed by atoms with Gasteiger partial charge in [-0.1, -0.05) is 30.3 Å². The van der Waals surface area contributed by atoms with Crippen LogP contribution in [0.3, 0.4) is 0 Å². The van der Waals surface area contributed by atoms with Gasteiger partial charge in [0, 0.05) is 11.8 Å². The minimum Gasteiger partial charge on any atom is -0.480 e. The number of carboxylic acid groups (broad SMARTS) is 1. The van der Waals surface area contributed by atoms with Gasteiger partial charge >= 0.3 is 5.97 Å². The molecule has 0 spiro atoms. The number of aliphatic imine (C=N–C) groups is 1. The molecule has 0 fully saturated rings. The number of nitrogens with two attached hydrogens (primary N) is 1. The molecule has 4 nitrogen and oxygen atoms in total. The van der Waals surface area contributed by atoms with Gasteiger partial charge in [-0.05, 0) is 32.3 Å². The van der Waals surface area contributed by atoms with Crippen LogP contribution < -0.4 is 5.73 Å². The fourth-order valence-electron chi connectivity index (χ4n) is 1.86. The number of hydrogen-bond donors (Lipinski definition) is 2. The first-order chi connectivity index (χ1) is 9.10. The lowest BCUT2D eigenvalue weighted by Gasteiger charge is -2.11. The van der Waals surface area contributed by atoms with E-state index in [1.54, 1.807) is 6.21 Å². The summed E-state index contributed by atoms with van der Waals surface area (Å²) in [6.45, 7) is 3.80. The highest BCUT2D eigenvalue weighted by Crippen LogP contribution is 2.21. The molecule has 1 aromatic carbocycles. The van der Waals surface area contributed by atoms with Gasteiger partial charge in [-0.3, -0.25) is 9.79 Å². The highest BCUT2D eigenvalue weighted by atomic mass is 16.4. The first kappa shape index (κ1) is 15.1. The minimum atomic E-state index is -0.963. The summed E-state index contributed by atoms with van der Waals surface area (Å²) in [4.78, 5) is 15.1. The average molecular weight is 260 g/mol. The Hall–Kier alpha value is -1.94. The molecule has 0 radical (unpaired) electrons. The molecular formula is C15H20N2O2. The summed E-state index contributed by atoms with van der Waals surface area (Å²) in [5.41, 5.74) is 8.52. The van der Waals surface area contributed by atoms with Crippen LogP contribution in [0.25, 0.3) is 5.70 Å². The van der Waals surface area contributed by atoms with Crippen LogP contribution in [0, 0.1) is 0 Å². The van der Waals surface area contributed by atoms with Crippen molar-refractivity contribution in [2.75, 3.05) is 0 Å². The van der Waals surface area contributed by atoms with Gasteiger partial charge in [0.25, 0.3) is 0 Å². The molecule has 19 heavy (non-hydrogen) atoms. The van der Waals surface area contributed by atoms with Crippen molar-refractivity contribution in [2.24, 2.45) is 10.7 Å². The van der Waals surface area contributed by atoms with E-state index in [4.69, 9.17) is 10.8 Å². The Balaban J connectivity index is 2.93. The predicted octanol–water partition coefficient (Wildman–Crippen LogP) is 2.48. The molecule has 0 aliphatic rings. The number of rotatable bonds is 6. The third kappa shape index (κ3) is 4.34. The molecule has 0 bridgehead atoms. The van der Waals surface area contributed by atoms with Crippen LogP contribution in [0.15, 0.2) is 35.3 Å². The van der Waals surface area contributed by atoms with E-state index in [0.717, 1.165) is 16.8 Å². The lowest BCUT2D eigenvalue weighted by Crippen LogP contribution is -2.30. The molecule has 0 saturated heterocycles. The second kappa shape index (κ2) is 7.48. The average Bonchev–Trinajstić information content (AvgIpc) is 2.42. The second-order valence-corrected chi connectivity index (χ2v) is 4.20. The van der Waals surface area contributed by atoms with E-state index in [9.17, 15) is 4.79 Å². The lowest BCUT2D eigenvalue weighted by molar-refractivity contribution is -0.138. The zero-order valence-corrected chi connectivity index (χ0v) is 11.3. The first-order valence-electron chi connectivity index (χ1n) is 6.31. The van der Waals surface area contributed by atoms with E-state index in [-0.39, 0.29) is 0 Å². The zero-order chi connectivity index (χ0) is 14.3. The molecule has 4 heteroatoms. The van der Waals surface area contributed by atoms with E-state index in [1.807, 2.05) is 44.2 Å². The number of allylic oxidation sites excluding steroid dienone is 1. The largest absolute Gasteiger partial charge is 0.480 e. The van der Waals surface area contributed by atoms with Gasteiger partial charge in [0.1, 0.15) is 6.04 Å². The number of nitrogens with zero attached hydrogens (tertiary/aromatic N) is 1. The quantitative estimate of drug-likeness (QED) is 0.771. The predicted molar refractivity (Wildman–Crippen MR) is 78.2 cm³/mol. The Labute approximate surface area is 113 Å². The maximum Gasteiger partial charge on any atom is 0.320 e. The van der Waals surface area contributed by atoms with Crippen molar-refractivity contribution in [2.45, 2.75) is 32.7 Å². The summed E-state index contributed by atoms with van der Waals surface area (Å²) in [5, 5.41) is 8.81. The number of carboxylic acids is 1. The Morgan fingerprint density at radius 2 is 2.11 bits per heavy atom. The summed E-state index contributed by atoms with van der Waals surface area (Å²) in [7, 11) is 0. The lowest BCUT2D eigenvalue weighted by atomic mass is 9.98. The molecule has 3 N–H and O–H groups in total. The van der Waals surface area contributed by atoms with Gasteiger partial charge < -0.3 is 10.8 Å². The van der Waals surface area contributed by atoms with Gasteiger partial charge in [-0.15, -0.1) is 0 Å². The summed E-state index contributed by atoms with van der Waals surface area (Å²) in [6, 6.07) is 7.04. The number of benzene rings is 1. The normalized spacial score (nSPS) is 13.7. The SMILES string of the molecule is CC=N/C(=C\C)c1ccccc1CCC(N)C(=O)O. The van der Waals surface area contributed by atoms with Crippen molar-refractivity contribution in [3.05, 3.63) is 41.5 Å². The standard InChI is InChI=1S/C15H20N2O2/c1-3-14(17-4-2)12-8-6-5-7-11(12)9-10-13(16)15(18)19/h3-8,13H,9-10,16H2,1-2H3,(H,18,19)/b14-3-,17-4?. The molecule has 0 saturated carbocycles. The summed E-state index contributed by atoms with van der Waals surface area (Å²) in [6.07, 6.45) is 4.73. The van der Waals surface area contributed by atoms with Crippen LogP contribution in [0.1, 0.15) is 31.4 Å². The fourth-order valence-corrected chi connectivity index (χ4v) is 1.86. The third-order valence-corrected chi connectivity index (χ3v) is 2.88. The Kier molecular flexibility index (Phi) is 5.96. The van der Waals surface area contributed by atoms with E-state index < -0.39 is 12.0 Å². The van der Waals surface area contributed by atoms with Crippen molar-refractivity contribution in [3.8, 4) is 0 Å².